The molecule has 4 nitrogen and oxygen atoms in total. The molecule has 21 heavy (non-hydrogen) atoms. The molecule has 0 heterocycles. The summed E-state index contributed by atoms with van der Waals surface area (Å²) in [5.41, 5.74) is 0.616. The highest BCUT2D eigenvalue weighted by molar-refractivity contribution is 9.10. The van der Waals surface area contributed by atoms with Crippen LogP contribution in [0.2, 0.25) is 0 Å². The number of hydrogen-bond acceptors (Lipinski definition) is 4. The third-order valence-corrected chi connectivity index (χ3v) is 3.16. The molecule has 0 saturated carbocycles. The molecule has 108 valence electrons. The van der Waals surface area contributed by atoms with Gasteiger partial charge in [0.1, 0.15) is 5.75 Å². The van der Waals surface area contributed by atoms with Crippen molar-refractivity contribution >= 4 is 27.9 Å². The van der Waals surface area contributed by atoms with Gasteiger partial charge in [-0.1, -0.05) is 22.0 Å². The minimum atomic E-state index is -0.525. The molecule has 0 atom stereocenters. The second-order valence-corrected chi connectivity index (χ2v) is 5.06. The molecule has 0 aliphatic rings. The van der Waals surface area contributed by atoms with Crippen LogP contribution in [0.1, 0.15) is 27.6 Å². The molecule has 0 bridgehead atoms. The van der Waals surface area contributed by atoms with E-state index in [-0.39, 0.29) is 6.61 Å². The van der Waals surface area contributed by atoms with Crippen molar-refractivity contribution in [3.63, 3.8) is 0 Å². The number of carbonyl (C=O) groups excluding carboxylic acids is 2. The van der Waals surface area contributed by atoms with Crippen LogP contribution in [0, 0.1) is 0 Å². The van der Waals surface area contributed by atoms with E-state index in [0.717, 1.165) is 4.47 Å². The van der Waals surface area contributed by atoms with E-state index < -0.39 is 11.9 Å². The third-order valence-electron chi connectivity index (χ3n) is 2.63. The SMILES string of the molecule is CCOC(=O)c1cccc(C(=O)Oc2ccc(Br)cc2)c1. The van der Waals surface area contributed by atoms with Gasteiger partial charge in [-0.2, -0.15) is 0 Å². The second kappa shape index (κ2) is 7.04. The first-order valence-electron chi connectivity index (χ1n) is 6.35. The summed E-state index contributed by atoms with van der Waals surface area (Å²) >= 11 is 3.30. The quantitative estimate of drug-likeness (QED) is 0.622. The van der Waals surface area contributed by atoms with Gasteiger partial charge in [-0.25, -0.2) is 9.59 Å². The standard InChI is InChI=1S/C16H13BrO4/c1-2-20-15(18)11-4-3-5-12(10-11)16(19)21-14-8-6-13(17)7-9-14/h3-10H,2H2,1H3. The van der Waals surface area contributed by atoms with Crippen LogP contribution in [0.5, 0.6) is 5.75 Å². The van der Waals surface area contributed by atoms with Gasteiger partial charge in [0.2, 0.25) is 0 Å². The Hall–Kier alpha value is -2.14. The first-order valence-corrected chi connectivity index (χ1v) is 7.14. The van der Waals surface area contributed by atoms with Crippen LogP contribution in [-0.4, -0.2) is 18.5 Å². The van der Waals surface area contributed by atoms with Crippen molar-refractivity contribution in [2.24, 2.45) is 0 Å². The predicted molar refractivity (Wildman–Crippen MR) is 81.5 cm³/mol. The molecule has 0 amide bonds. The van der Waals surface area contributed by atoms with Gasteiger partial charge < -0.3 is 9.47 Å². The van der Waals surface area contributed by atoms with Crippen molar-refractivity contribution in [1.29, 1.82) is 0 Å². The Morgan fingerprint density at radius 3 is 2.24 bits per heavy atom. The van der Waals surface area contributed by atoms with Gasteiger partial charge in [0.05, 0.1) is 17.7 Å². The summed E-state index contributed by atoms with van der Waals surface area (Å²) in [5, 5.41) is 0. The van der Waals surface area contributed by atoms with Crippen LogP contribution in [-0.2, 0) is 4.74 Å². The molecule has 5 heteroatoms. The largest absolute Gasteiger partial charge is 0.462 e. The molecular formula is C16H13BrO4. The lowest BCUT2D eigenvalue weighted by Gasteiger charge is -2.06. The summed E-state index contributed by atoms with van der Waals surface area (Å²) in [4.78, 5) is 23.7. The van der Waals surface area contributed by atoms with E-state index in [2.05, 4.69) is 15.9 Å². The number of carbonyl (C=O) groups is 2. The van der Waals surface area contributed by atoms with Crippen molar-refractivity contribution in [1.82, 2.24) is 0 Å². The van der Waals surface area contributed by atoms with Crippen LogP contribution >= 0.6 is 15.9 Å². The molecule has 0 aromatic heterocycles. The maximum atomic E-state index is 12.0. The molecule has 2 rings (SSSR count). The molecule has 2 aromatic rings. The van der Waals surface area contributed by atoms with Gasteiger partial charge in [-0.3, -0.25) is 0 Å². The highest BCUT2D eigenvalue weighted by Crippen LogP contribution is 2.18. The van der Waals surface area contributed by atoms with Gasteiger partial charge in [-0.15, -0.1) is 0 Å². The zero-order chi connectivity index (χ0) is 15.2. The fourth-order valence-electron chi connectivity index (χ4n) is 1.66. The van der Waals surface area contributed by atoms with Crippen molar-refractivity contribution in [3.8, 4) is 5.75 Å². The lowest BCUT2D eigenvalue weighted by Crippen LogP contribution is -2.11. The zero-order valence-corrected chi connectivity index (χ0v) is 12.9. The Labute approximate surface area is 130 Å². The minimum absolute atomic E-state index is 0.284. The van der Waals surface area contributed by atoms with Gasteiger partial charge >= 0.3 is 11.9 Å². The van der Waals surface area contributed by atoms with Gasteiger partial charge in [0.25, 0.3) is 0 Å². The summed E-state index contributed by atoms with van der Waals surface area (Å²) in [7, 11) is 0. The van der Waals surface area contributed by atoms with Crippen molar-refractivity contribution < 1.29 is 19.1 Å². The van der Waals surface area contributed by atoms with E-state index in [1.807, 2.05) is 0 Å². The first kappa shape index (κ1) is 15.3. The van der Waals surface area contributed by atoms with E-state index in [0.29, 0.717) is 16.9 Å². The molecule has 0 aliphatic heterocycles. The number of hydrogen-bond donors (Lipinski definition) is 0. The summed E-state index contributed by atoms with van der Waals surface area (Å²) < 4.78 is 11.0. The van der Waals surface area contributed by atoms with E-state index in [1.54, 1.807) is 49.4 Å². The average molecular weight is 349 g/mol. The highest BCUT2D eigenvalue weighted by Gasteiger charge is 2.12. The lowest BCUT2D eigenvalue weighted by molar-refractivity contribution is 0.0526. The minimum Gasteiger partial charge on any atom is -0.462 e. The fraction of sp³-hybridized carbons (Fsp3) is 0.125. The Kier molecular flexibility index (Phi) is 5.11. The van der Waals surface area contributed by atoms with E-state index >= 15 is 0 Å². The van der Waals surface area contributed by atoms with Crippen molar-refractivity contribution in [2.45, 2.75) is 6.92 Å². The fourth-order valence-corrected chi connectivity index (χ4v) is 1.92. The van der Waals surface area contributed by atoms with E-state index in [9.17, 15) is 9.59 Å². The maximum absolute atomic E-state index is 12.0. The smallest absolute Gasteiger partial charge is 0.343 e. The Bertz CT molecular complexity index is 650. The van der Waals surface area contributed by atoms with Crippen molar-refractivity contribution in [2.75, 3.05) is 6.61 Å². The second-order valence-electron chi connectivity index (χ2n) is 4.14. The molecular weight excluding hydrogens is 336 g/mol. The summed E-state index contributed by atoms with van der Waals surface area (Å²) in [6.07, 6.45) is 0. The molecule has 0 N–H and O–H groups in total. The number of ether oxygens (including phenoxy) is 2. The number of halogens is 1. The third kappa shape index (κ3) is 4.16. The van der Waals surface area contributed by atoms with Gasteiger partial charge in [0, 0.05) is 4.47 Å². The number of rotatable bonds is 4. The van der Waals surface area contributed by atoms with Gasteiger partial charge in [0.15, 0.2) is 0 Å². The van der Waals surface area contributed by atoms with Crippen LogP contribution in [0.15, 0.2) is 53.0 Å². The lowest BCUT2D eigenvalue weighted by atomic mass is 10.1. The van der Waals surface area contributed by atoms with Gasteiger partial charge in [-0.05, 0) is 49.4 Å². The summed E-state index contributed by atoms with van der Waals surface area (Å²) in [5.74, 6) is -0.552. The number of benzene rings is 2. The van der Waals surface area contributed by atoms with Crippen molar-refractivity contribution in [3.05, 3.63) is 64.1 Å². The number of esters is 2. The van der Waals surface area contributed by atoms with Crippen LogP contribution in [0.4, 0.5) is 0 Å². The van der Waals surface area contributed by atoms with Crippen LogP contribution in [0.3, 0.4) is 0 Å². The molecule has 2 aromatic carbocycles. The molecule has 0 radical (unpaired) electrons. The Balaban J connectivity index is 2.14. The Morgan fingerprint density at radius 2 is 1.62 bits per heavy atom. The average Bonchev–Trinajstić information content (AvgIpc) is 2.50. The molecule has 0 fully saturated rings. The monoisotopic (exact) mass is 348 g/mol. The van der Waals surface area contributed by atoms with Crippen LogP contribution in [0.25, 0.3) is 0 Å². The van der Waals surface area contributed by atoms with E-state index in [4.69, 9.17) is 9.47 Å². The zero-order valence-electron chi connectivity index (χ0n) is 11.3. The molecule has 0 spiro atoms. The molecule has 0 saturated heterocycles. The summed E-state index contributed by atoms with van der Waals surface area (Å²) in [6, 6.07) is 13.2. The predicted octanol–water partition coefficient (Wildman–Crippen LogP) is 3.85. The Morgan fingerprint density at radius 1 is 1.00 bits per heavy atom. The maximum Gasteiger partial charge on any atom is 0.343 e. The topological polar surface area (TPSA) is 52.6 Å². The van der Waals surface area contributed by atoms with E-state index in [1.165, 1.54) is 6.07 Å². The first-order chi connectivity index (χ1) is 10.1. The molecule has 0 aliphatic carbocycles. The van der Waals surface area contributed by atoms with Crippen LogP contribution < -0.4 is 4.74 Å². The molecule has 0 unspecified atom stereocenters. The highest BCUT2D eigenvalue weighted by atomic mass is 79.9. The summed E-state index contributed by atoms with van der Waals surface area (Å²) in [6.45, 7) is 2.01. The normalized spacial score (nSPS) is 10.0.